The van der Waals surface area contributed by atoms with Crippen molar-refractivity contribution in [3.05, 3.63) is 38.2 Å². The third-order valence-corrected chi connectivity index (χ3v) is 1.39. The third kappa shape index (κ3) is 1.96. The van der Waals surface area contributed by atoms with Gasteiger partial charge in [-0.2, -0.15) is 10.5 Å². The van der Waals surface area contributed by atoms with Crippen molar-refractivity contribution in [1.29, 1.82) is 10.5 Å². The van der Waals surface area contributed by atoms with Crippen molar-refractivity contribution >= 4 is 6.08 Å². The fourth-order valence-electron chi connectivity index (χ4n) is 0.772. The van der Waals surface area contributed by atoms with E-state index in [2.05, 4.69) is 4.98 Å². The number of H-pyrrole nitrogens is 2. The first-order valence-corrected chi connectivity index (χ1v) is 3.51. The van der Waals surface area contributed by atoms with E-state index in [-0.39, 0.29) is 11.1 Å². The molecule has 1 rings (SSSR count). The zero-order valence-corrected chi connectivity index (χ0v) is 6.87. The van der Waals surface area contributed by atoms with E-state index in [0.717, 1.165) is 12.3 Å². The maximum atomic E-state index is 11.1. The van der Waals surface area contributed by atoms with Crippen LogP contribution in [0.25, 0.3) is 6.08 Å². The maximum absolute atomic E-state index is 11.1. The normalized spacial score (nSPS) is 8.43. The number of aromatic nitrogens is 2. The van der Waals surface area contributed by atoms with Gasteiger partial charge in [-0.15, -0.1) is 0 Å². The van der Waals surface area contributed by atoms with E-state index in [1.54, 1.807) is 12.1 Å². The van der Waals surface area contributed by atoms with Crippen LogP contribution in [-0.4, -0.2) is 9.97 Å². The summed E-state index contributed by atoms with van der Waals surface area (Å²) < 4.78 is 0. The smallest absolute Gasteiger partial charge is 0.314 e. The van der Waals surface area contributed by atoms with Gasteiger partial charge in [-0.3, -0.25) is 9.78 Å². The summed E-state index contributed by atoms with van der Waals surface area (Å²) >= 11 is 0. The number of nitrogens with one attached hydrogen (secondary N) is 2. The molecule has 0 amide bonds. The van der Waals surface area contributed by atoms with Gasteiger partial charge in [0.15, 0.2) is 0 Å². The molecule has 0 fully saturated rings. The van der Waals surface area contributed by atoms with Crippen molar-refractivity contribution in [3.63, 3.8) is 0 Å². The largest absolute Gasteiger partial charge is 0.325 e. The van der Waals surface area contributed by atoms with E-state index in [9.17, 15) is 9.59 Å². The molecule has 0 aliphatic rings. The first-order chi connectivity index (χ1) is 6.67. The molecule has 0 saturated carbocycles. The lowest BCUT2D eigenvalue weighted by Gasteiger charge is -1.89. The van der Waals surface area contributed by atoms with Crippen molar-refractivity contribution in [2.45, 2.75) is 0 Å². The van der Waals surface area contributed by atoms with Gasteiger partial charge >= 0.3 is 5.69 Å². The second-order valence-corrected chi connectivity index (χ2v) is 2.31. The second kappa shape index (κ2) is 3.87. The summed E-state index contributed by atoms with van der Waals surface area (Å²) in [5.41, 5.74) is -1.43. The summed E-state index contributed by atoms with van der Waals surface area (Å²) in [7, 11) is 0. The highest BCUT2D eigenvalue weighted by Gasteiger charge is 1.98. The zero-order valence-electron chi connectivity index (χ0n) is 6.87. The Bertz CT molecular complexity index is 548. The van der Waals surface area contributed by atoms with Crippen molar-refractivity contribution in [3.8, 4) is 12.1 Å². The molecule has 2 N–H and O–H groups in total. The first kappa shape index (κ1) is 9.49. The Balaban J connectivity index is 3.32. The molecule has 1 aromatic heterocycles. The molecule has 14 heavy (non-hydrogen) atoms. The van der Waals surface area contributed by atoms with E-state index in [1.165, 1.54) is 0 Å². The second-order valence-electron chi connectivity index (χ2n) is 2.31. The predicted octanol–water partition coefficient (Wildman–Crippen LogP) is -0.506. The number of allylic oxidation sites excluding steroid dienone is 1. The Morgan fingerprint density at radius 1 is 1.36 bits per heavy atom. The molecule has 0 atom stereocenters. The molecule has 0 spiro atoms. The summed E-state index contributed by atoms with van der Waals surface area (Å²) in [6.45, 7) is 0. The standard InChI is InChI=1S/C8H4N4O2/c9-2-5(3-10)1-6-4-11-8(14)12-7(6)13/h1,4H,(H2,11,12,13,14). The predicted molar refractivity (Wildman–Crippen MR) is 46.9 cm³/mol. The molecule has 0 unspecified atom stereocenters. The summed E-state index contributed by atoms with van der Waals surface area (Å²) in [5, 5.41) is 16.8. The lowest BCUT2D eigenvalue weighted by atomic mass is 10.2. The van der Waals surface area contributed by atoms with Gasteiger partial charge in [-0.05, 0) is 6.08 Å². The fraction of sp³-hybridized carbons (Fsp3) is 0. The van der Waals surface area contributed by atoms with Gasteiger partial charge in [0.1, 0.15) is 17.7 Å². The Kier molecular flexibility index (Phi) is 2.63. The van der Waals surface area contributed by atoms with Crippen LogP contribution < -0.4 is 11.2 Å². The van der Waals surface area contributed by atoms with Crippen LogP contribution in [0.2, 0.25) is 0 Å². The number of nitriles is 2. The van der Waals surface area contributed by atoms with Crippen molar-refractivity contribution in [2.75, 3.05) is 0 Å². The molecule has 0 aromatic carbocycles. The average Bonchev–Trinajstić information content (AvgIpc) is 2.17. The van der Waals surface area contributed by atoms with Crippen LogP contribution in [0.5, 0.6) is 0 Å². The summed E-state index contributed by atoms with van der Waals surface area (Å²) in [4.78, 5) is 25.9. The zero-order chi connectivity index (χ0) is 10.6. The van der Waals surface area contributed by atoms with E-state index in [1.807, 2.05) is 4.98 Å². The minimum atomic E-state index is -0.642. The lowest BCUT2D eigenvalue weighted by Crippen LogP contribution is -2.22. The van der Waals surface area contributed by atoms with Crippen LogP contribution in [0.15, 0.2) is 21.4 Å². The molecule has 0 aliphatic heterocycles. The van der Waals surface area contributed by atoms with Crippen LogP contribution in [0, 0.1) is 22.7 Å². The SMILES string of the molecule is N#CC(C#N)=Cc1c[nH]c(=O)[nH]c1=O. The van der Waals surface area contributed by atoms with E-state index < -0.39 is 11.2 Å². The molecule has 1 aromatic rings. The van der Waals surface area contributed by atoms with Gasteiger partial charge < -0.3 is 4.98 Å². The molecule has 68 valence electrons. The Morgan fingerprint density at radius 3 is 2.50 bits per heavy atom. The van der Waals surface area contributed by atoms with Crippen LogP contribution in [0.3, 0.4) is 0 Å². The van der Waals surface area contributed by atoms with E-state index in [4.69, 9.17) is 10.5 Å². The maximum Gasteiger partial charge on any atom is 0.325 e. The number of nitrogens with zero attached hydrogens (tertiary/aromatic N) is 2. The van der Waals surface area contributed by atoms with Crippen molar-refractivity contribution < 1.29 is 0 Å². The Labute approximate surface area is 77.7 Å². The summed E-state index contributed by atoms with van der Waals surface area (Å²) in [6, 6.07) is 3.19. The molecule has 6 nitrogen and oxygen atoms in total. The molecule has 1 heterocycles. The molecule has 0 bridgehead atoms. The van der Waals surface area contributed by atoms with Gasteiger partial charge in [-0.1, -0.05) is 0 Å². The minimum Gasteiger partial charge on any atom is -0.314 e. The highest BCUT2D eigenvalue weighted by Crippen LogP contribution is 1.96. The van der Waals surface area contributed by atoms with Gasteiger partial charge in [0, 0.05) is 6.20 Å². The monoisotopic (exact) mass is 188 g/mol. The highest BCUT2D eigenvalue weighted by atomic mass is 16.2. The number of rotatable bonds is 1. The van der Waals surface area contributed by atoms with E-state index in [0.29, 0.717) is 0 Å². The first-order valence-electron chi connectivity index (χ1n) is 3.51. The molecular weight excluding hydrogens is 184 g/mol. The molecular formula is C8H4N4O2. The van der Waals surface area contributed by atoms with Crippen LogP contribution in [-0.2, 0) is 0 Å². The Hall–Kier alpha value is -2.60. The van der Waals surface area contributed by atoms with Gasteiger partial charge in [-0.25, -0.2) is 4.79 Å². The molecule has 0 saturated heterocycles. The fourth-order valence-corrected chi connectivity index (χ4v) is 0.772. The summed E-state index contributed by atoms with van der Waals surface area (Å²) in [5.74, 6) is 0. The minimum absolute atomic E-state index is 0.0581. The molecule has 0 radical (unpaired) electrons. The lowest BCUT2D eigenvalue weighted by molar-refractivity contribution is 1.03. The van der Waals surface area contributed by atoms with Gasteiger partial charge in [0.05, 0.1) is 5.56 Å². The van der Waals surface area contributed by atoms with E-state index >= 15 is 0 Å². The van der Waals surface area contributed by atoms with Crippen LogP contribution in [0.1, 0.15) is 5.56 Å². The Morgan fingerprint density at radius 2 is 2.00 bits per heavy atom. The third-order valence-electron chi connectivity index (χ3n) is 1.39. The van der Waals surface area contributed by atoms with Crippen LogP contribution >= 0.6 is 0 Å². The molecule has 0 aliphatic carbocycles. The van der Waals surface area contributed by atoms with Crippen molar-refractivity contribution in [2.24, 2.45) is 0 Å². The topological polar surface area (TPSA) is 113 Å². The van der Waals surface area contributed by atoms with Crippen molar-refractivity contribution in [1.82, 2.24) is 9.97 Å². The number of hydrogen-bond donors (Lipinski definition) is 2. The summed E-state index contributed by atoms with van der Waals surface area (Å²) in [6.07, 6.45) is 2.23. The highest BCUT2D eigenvalue weighted by molar-refractivity contribution is 5.60. The molecule has 6 heteroatoms. The van der Waals surface area contributed by atoms with Gasteiger partial charge in [0.25, 0.3) is 5.56 Å². The number of hydrogen-bond acceptors (Lipinski definition) is 4. The quantitative estimate of drug-likeness (QED) is 0.578. The number of aromatic amines is 2. The van der Waals surface area contributed by atoms with Gasteiger partial charge in [0.2, 0.25) is 0 Å². The average molecular weight is 188 g/mol. The van der Waals surface area contributed by atoms with Crippen LogP contribution in [0.4, 0.5) is 0 Å².